The number of aromatic nitrogens is 1. The van der Waals surface area contributed by atoms with Crippen LogP contribution in [0.1, 0.15) is 21.5 Å². The van der Waals surface area contributed by atoms with Crippen LogP contribution in [-0.4, -0.2) is 22.6 Å². The second-order valence-electron chi connectivity index (χ2n) is 4.34. The maximum absolute atomic E-state index is 13.0. The molecule has 2 N–H and O–H groups in total. The molecule has 0 radical (unpaired) electrons. The fraction of sp³-hybridized carbons (Fsp3) is 0.125. The summed E-state index contributed by atoms with van der Waals surface area (Å²) in [7, 11) is 0. The van der Waals surface area contributed by atoms with Crippen molar-refractivity contribution < 1.29 is 14.3 Å². The van der Waals surface area contributed by atoms with E-state index in [4.69, 9.17) is 5.11 Å². The fourth-order valence-electron chi connectivity index (χ4n) is 1.76. The van der Waals surface area contributed by atoms with Crippen LogP contribution in [0.5, 0.6) is 0 Å². The summed E-state index contributed by atoms with van der Waals surface area (Å²) in [6.45, 7) is 1.64. The van der Waals surface area contributed by atoms with Crippen LogP contribution in [0.25, 0.3) is 0 Å². The third-order valence-electron chi connectivity index (χ3n) is 2.75. The lowest BCUT2D eigenvalue weighted by Crippen LogP contribution is -2.12. The van der Waals surface area contributed by atoms with Gasteiger partial charge in [-0.1, -0.05) is 11.8 Å². The van der Waals surface area contributed by atoms with E-state index in [1.165, 1.54) is 6.20 Å². The number of aliphatic hydroxyl groups is 1. The van der Waals surface area contributed by atoms with Crippen LogP contribution in [0.4, 0.5) is 10.1 Å². The number of rotatable bonds is 2. The predicted molar refractivity (Wildman–Crippen MR) is 77.3 cm³/mol. The Morgan fingerprint density at radius 1 is 1.38 bits per heavy atom. The quantitative estimate of drug-likeness (QED) is 0.830. The van der Waals surface area contributed by atoms with Crippen molar-refractivity contribution in [1.82, 2.24) is 4.98 Å². The minimum atomic E-state index is -0.562. The molecule has 2 aromatic rings. The Bertz CT molecular complexity index is 733. The summed E-state index contributed by atoms with van der Waals surface area (Å²) in [6, 6.07) is 6.32. The van der Waals surface area contributed by atoms with Crippen molar-refractivity contribution in [3.63, 3.8) is 0 Å². The highest BCUT2D eigenvalue weighted by Crippen LogP contribution is 2.15. The van der Waals surface area contributed by atoms with Crippen molar-refractivity contribution >= 4 is 11.6 Å². The van der Waals surface area contributed by atoms with Gasteiger partial charge >= 0.3 is 0 Å². The second-order valence-corrected chi connectivity index (χ2v) is 4.34. The van der Waals surface area contributed by atoms with Gasteiger partial charge in [-0.05, 0) is 36.8 Å². The first-order valence-corrected chi connectivity index (χ1v) is 6.22. The summed E-state index contributed by atoms with van der Waals surface area (Å²) < 4.78 is 13.0. The van der Waals surface area contributed by atoms with E-state index in [-0.39, 0.29) is 12.2 Å². The van der Waals surface area contributed by atoms with E-state index in [9.17, 15) is 9.18 Å². The number of amides is 1. The molecule has 0 aliphatic heterocycles. The Morgan fingerprint density at radius 3 is 2.86 bits per heavy atom. The summed E-state index contributed by atoms with van der Waals surface area (Å²) in [4.78, 5) is 15.6. The lowest BCUT2D eigenvalue weighted by atomic mass is 10.1. The summed E-state index contributed by atoms with van der Waals surface area (Å²) in [5.41, 5.74) is 2.37. The lowest BCUT2D eigenvalue weighted by Gasteiger charge is -2.07. The van der Waals surface area contributed by atoms with Crippen LogP contribution in [0.15, 0.2) is 36.7 Å². The van der Waals surface area contributed by atoms with Crippen molar-refractivity contribution in [1.29, 1.82) is 0 Å². The molecule has 0 atom stereocenters. The number of halogens is 1. The number of benzene rings is 1. The molecule has 0 spiro atoms. The Labute approximate surface area is 121 Å². The van der Waals surface area contributed by atoms with Gasteiger partial charge in [-0.25, -0.2) is 4.39 Å². The van der Waals surface area contributed by atoms with E-state index < -0.39 is 11.7 Å². The molecule has 1 aromatic heterocycles. The van der Waals surface area contributed by atoms with Crippen LogP contribution in [0, 0.1) is 24.6 Å². The second kappa shape index (κ2) is 6.64. The van der Waals surface area contributed by atoms with Crippen molar-refractivity contribution in [3.05, 3.63) is 59.2 Å². The van der Waals surface area contributed by atoms with E-state index in [2.05, 4.69) is 22.1 Å². The van der Waals surface area contributed by atoms with Crippen molar-refractivity contribution in [2.24, 2.45) is 0 Å². The zero-order valence-electron chi connectivity index (χ0n) is 11.4. The van der Waals surface area contributed by atoms with E-state index in [0.29, 0.717) is 5.69 Å². The number of carbonyl (C=O) groups is 1. The first kappa shape index (κ1) is 14.7. The average Bonchev–Trinajstić information content (AvgIpc) is 2.46. The third kappa shape index (κ3) is 3.88. The molecule has 0 fully saturated rings. The molecule has 4 nitrogen and oxygen atoms in total. The molecule has 106 valence electrons. The number of aliphatic hydroxyl groups excluding tert-OH is 1. The van der Waals surface area contributed by atoms with Gasteiger partial charge in [0.1, 0.15) is 12.4 Å². The number of anilines is 1. The smallest absolute Gasteiger partial charge is 0.257 e. The molecule has 0 saturated heterocycles. The van der Waals surface area contributed by atoms with Crippen LogP contribution in [0.2, 0.25) is 0 Å². The average molecular weight is 284 g/mol. The molecule has 0 bridgehead atoms. The largest absolute Gasteiger partial charge is 0.384 e. The Balaban J connectivity index is 2.17. The molecule has 0 aliphatic rings. The molecule has 2 rings (SSSR count). The zero-order valence-corrected chi connectivity index (χ0v) is 11.4. The maximum Gasteiger partial charge on any atom is 0.257 e. The normalized spacial score (nSPS) is 9.67. The van der Waals surface area contributed by atoms with Gasteiger partial charge in [0, 0.05) is 17.4 Å². The number of pyridine rings is 1. The fourth-order valence-corrected chi connectivity index (χ4v) is 1.76. The van der Waals surface area contributed by atoms with Gasteiger partial charge in [0.25, 0.3) is 5.91 Å². The third-order valence-corrected chi connectivity index (χ3v) is 2.75. The van der Waals surface area contributed by atoms with Gasteiger partial charge < -0.3 is 10.4 Å². The van der Waals surface area contributed by atoms with Gasteiger partial charge in [0.15, 0.2) is 0 Å². The van der Waals surface area contributed by atoms with Crippen molar-refractivity contribution in [2.75, 3.05) is 11.9 Å². The van der Waals surface area contributed by atoms with Crippen LogP contribution in [0.3, 0.4) is 0 Å². The number of hydrogen-bond acceptors (Lipinski definition) is 3. The minimum absolute atomic E-state index is 0.150. The highest BCUT2D eigenvalue weighted by Gasteiger charge is 2.08. The number of carbonyl (C=O) groups excluding carboxylic acids is 1. The summed E-state index contributed by atoms with van der Waals surface area (Å²) in [5.74, 6) is 4.38. The number of nitrogens with zero attached hydrogens (tertiary/aromatic N) is 1. The molecule has 1 heterocycles. The van der Waals surface area contributed by atoms with Crippen LogP contribution < -0.4 is 5.32 Å². The van der Waals surface area contributed by atoms with Gasteiger partial charge in [-0.3, -0.25) is 9.78 Å². The number of hydrogen-bond donors (Lipinski definition) is 2. The summed E-state index contributed by atoms with van der Waals surface area (Å²) >= 11 is 0. The van der Waals surface area contributed by atoms with E-state index >= 15 is 0 Å². The molecule has 0 aliphatic carbocycles. The van der Waals surface area contributed by atoms with E-state index in [1.54, 1.807) is 18.2 Å². The van der Waals surface area contributed by atoms with Gasteiger partial charge in [0.2, 0.25) is 0 Å². The summed E-state index contributed by atoms with van der Waals surface area (Å²) in [6.07, 6.45) is 2.34. The van der Waals surface area contributed by atoms with E-state index in [0.717, 1.165) is 23.4 Å². The maximum atomic E-state index is 13.0. The van der Waals surface area contributed by atoms with Gasteiger partial charge in [0.05, 0.1) is 11.8 Å². The number of aryl methyl sites for hydroxylation is 1. The molecule has 0 saturated carbocycles. The topological polar surface area (TPSA) is 62.2 Å². The lowest BCUT2D eigenvalue weighted by molar-refractivity contribution is 0.102. The molecular weight excluding hydrogens is 271 g/mol. The number of nitrogens with one attached hydrogen (secondary N) is 1. The SMILES string of the molecule is Cc1cc(NC(=O)c2cncc(F)c2)ccc1C#CCO. The molecule has 21 heavy (non-hydrogen) atoms. The van der Waals surface area contributed by atoms with Crippen molar-refractivity contribution in [2.45, 2.75) is 6.92 Å². The summed E-state index contributed by atoms with van der Waals surface area (Å²) in [5, 5.41) is 11.3. The minimum Gasteiger partial charge on any atom is -0.384 e. The van der Waals surface area contributed by atoms with Gasteiger partial charge in [-0.2, -0.15) is 0 Å². The first-order valence-electron chi connectivity index (χ1n) is 6.22. The first-order chi connectivity index (χ1) is 10.1. The monoisotopic (exact) mass is 284 g/mol. The molecule has 1 aromatic carbocycles. The molecule has 0 unspecified atom stereocenters. The van der Waals surface area contributed by atoms with Crippen LogP contribution in [-0.2, 0) is 0 Å². The molecule has 5 heteroatoms. The zero-order chi connectivity index (χ0) is 15.2. The molecule has 1 amide bonds. The van der Waals surface area contributed by atoms with Gasteiger partial charge in [-0.15, -0.1) is 0 Å². The predicted octanol–water partition coefficient (Wildman–Crippen LogP) is 2.13. The Kier molecular flexibility index (Phi) is 4.64. The van der Waals surface area contributed by atoms with Crippen molar-refractivity contribution in [3.8, 4) is 11.8 Å². The highest BCUT2D eigenvalue weighted by molar-refractivity contribution is 6.04. The highest BCUT2D eigenvalue weighted by atomic mass is 19.1. The molecular formula is C16H13FN2O2. The Hall–Kier alpha value is -2.71. The van der Waals surface area contributed by atoms with E-state index in [1.807, 2.05) is 6.92 Å². The van der Waals surface area contributed by atoms with Crippen LogP contribution >= 0.6 is 0 Å². The standard InChI is InChI=1S/C16H13FN2O2/c1-11-7-15(5-4-12(11)3-2-6-20)19-16(21)13-8-14(17)10-18-9-13/h4-5,7-10,20H,6H2,1H3,(H,19,21). The Morgan fingerprint density at radius 2 is 2.19 bits per heavy atom.